The van der Waals surface area contributed by atoms with E-state index in [0.29, 0.717) is 11.5 Å². The molecule has 1 heterocycles. The second-order valence-corrected chi connectivity index (χ2v) is 5.09. The van der Waals surface area contributed by atoms with Crippen LogP contribution in [0, 0.1) is 15.5 Å². The van der Waals surface area contributed by atoms with E-state index in [1.165, 1.54) is 18.3 Å². The van der Waals surface area contributed by atoms with Crippen LogP contribution in [0.4, 0.5) is 5.82 Å². The van der Waals surface area contributed by atoms with Crippen molar-refractivity contribution >= 4 is 5.82 Å². The van der Waals surface area contributed by atoms with Crippen molar-refractivity contribution in [3.05, 3.63) is 65.1 Å². The summed E-state index contributed by atoms with van der Waals surface area (Å²) in [4.78, 5) is 13.8. The molecule has 0 amide bonds. The number of rotatable bonds is 7. The quantitative estimate of drug-likeness (QED) is 0.245. The maximum absolute atomic E-state index is 10.6. The SMILES string of the molecule is C=CC(C)(C)/C=C(\C=C/CC)Oc1ccc([N+](=O)[O-])nc1. The predicted molar refractivity (Wildman–Crippen MR) is 83.0 cm³/mol. The molecule has 0 saturated carbocycles. The monoisotopic (exact) mass is 288 g/mol. The van der Waals surface area contributed by atoms with Gasteiger partial charge in [0.15, 0.2) is 11.9 Å². The average molecular weight is 288 g/mol. The predicted octanol–water partition coefficient (Wildman–Crippen LogP) is 4.43. The number of pyridine rings is 1. The summed E-state index contributed by atoms with van der Waals surface area (Å²) in [7, 11) is 0. The van der Waals surface area contributed by atoms with Gasteiger partial charge in [-0.1, -0.05) is 32.9 Å². The standard InChI is InChI=1S/C16H20N2O3/c1-5-7-8-13(11-16(3,4)6-2)21-14-9-10-15(17-12-14)18(19)20/h6-12H,2,5H2,1,3-4H3/b8-7-,13-11+. The summed E-state index contributed by atoms with van der Waals surface area (Å²) < 4.78 is 5.73. The minimum atomic E-state index is -0.543. The average Bonchev–Trinajstić information content (AvgIpc) is 2.45. The molecule has 112 valence electrons. The molecular formula is C16H20N2O3. The maximum Gasteiger partial charge on any atom is 0.363 e. The molecule has 0 bridgehead atoms. The van der Waals surface area contributed by atoms with Gasteiger partial charge in [0.25, 0.3) is 0 Å². The first-order valence-electron chi connectivity index (χ1n) is 6.69. The van der Waals surface area contributed by atoms with Crippen molar-refractivity contribution in [1.82, 2.24) is 4.98 Å². The lowest BCUT2D eigenvalue weighted by Gasteiger charge is -2.16. The van der Waals surface area contributed by atoms with E-state index in [0.717, 1.165) is 6.42 Å². The molecule has 0 unspecified atom stereocenters. The minimum absolute atomic E-state index is 0.205. The Hall–Kier alpha value is -2.43. The van der Waals surface area contributed by atoms with E-state index in [4.69, 9.17) is 4.74 Å². The van der Waals surface area contributed by atoms with E-state index >= 15 is 0 Å². The van der Waals surface area contributed by atoms with Gasteiger partial charge in [-0.05, 0) is 34.5 Å². The van der Waals surface area contributed by atoms with Crippen LogP contribution in [-0.2, 0) is 0 Å². The Morgan fingerprint density at radius 3 is 2.71 bits per heavy atom. The zero-order valence-corrected chi connectivity index (χ0v) is 12.6. The molecule has 0 atom stereocenters. The Morgan fingerprint density at radius 2 is 2.24 bits per heavy atom. The molecule has 0 aliphatic rings. The Balaban J connectivity index is 2.98. The minimum Gasteiger partial charge on any atom is -0.454 e. The topological polar surface area (TPSA) is 65.3 Å². The number of hydrogen-bond donors (Lipinski definition) is 0. The fourth-order valence-electron chi connectivity index (χ4n) is 1.45. The largest absolute Gasteiger partial charge is 0.454 e. The second kappa shape index (κ2) is 7.38. The third-order valence-corrected chi connectivity index (χ3v) is 2.70. The van der Waals surface area contributed by atoms with E-state index in [2.05, 4.69) is 11.6 Å². The van der Waals surface area contributed by atoms with Crippen molar-refractivity contribution in [3.8, 4) is 5.75 Å². The Kier molecular flexibility index (Phi) is 5.84. The first-order valence-corrected chi connectivity index (χ1v) is 6.69. The number of nitro groups is 1. The first-order chi connectivity index (χ1) is 9.88. The zero-order valence-electron chi connectivity index (χ0n) is 12.6. The van der Waals surface area contributed by atoms with E-state index in [1.54, 1.807) is 0 Å². The van der Waals surface area contributed by atoms with Crippen molar-refractivity contribution in [2.24, 2.45) is 5.41 Å². The third kappa shape index (κ3) is 5.60. The van der Waals surface area contributed by atoms with Crippen LogP contribution >= 0.6 is 0 Å². The molecular weight excluding hydrogens is 268 g/mol. The fourth-order valence-corrected chi connectivity index (χ4v) is 1.45. The van der Waals surface area contributed by atoms with Gasteiger partial charge >= 0.3 is 5.82 Å². The van der Waals surface area contributed by atoms with Gasteiger partial charge in [0.05, 0.1) is 0 Å². The highest BCUT2D eigenvalue weighted by Gasteiger charge is 2.12. The number of allylic oxidation sites excluding steroid dienone is 4. The molecule has 0 radical (unpaired) electrons. The van der Waals surface area contributed by atoms with Gasteiger partial charge in [-0.2, -0.15) is 0 Å². The molecule has 0 aromatic carbocycles. The zero-order chi connectivity index (χ0) is 15.9. The normalized spacial score (nSPS) is 12.4. The number of hydrogen-bond acceptors (Lipinski definition) is 4. The number of ether oxygens (including phenoxy) is 1. The van der Waals surface area contributed by atoms with Crippen molar-refractivity contribution in [3.63, 3.8) is 0 Å². The van der Waals surface area contributed by atoms with Crippen LogP contribution in [0.15, 0.2) is 55.0 Å². The highest BCUT2D eigenvalue weighted by Crippen LogP contribution is 2.23. The molecule has 0 spiro atoms. The molecule has 1 rings (SSSR count). The van der Waals surface area contributed by atoms with Crippen molar-refractivity contribution in [2.75, 3.05) is 0 Å². The summed E-state index contributed by atoms with van der Waals surface area (Å²) in [6.45, 7) is 9.84. The lowest BCUT2D eigenvalue weighted by Crippen LogP contribution is -2.06. The summed E-state index contributed by atoms with van der Waals surface area (Å²) >= 11 is 0. The van der Waals surface area contributed by atoms with E-state index in [-0.39, 0.29) is 11.2 Å². The van der Waals surface area contributed by atoms with Crippen molar-refractivity contribution in [1.29, 1.82) is 0 Å². The molecule has 5 heteroatoms. The van der Waals surface area contributed by atoms with Crippen LogP contribution < -0.4 is 4.74 Å². The summed E-state index contributed by atoms with van der Waals surface area (Å²) in [6.07, 6.45) is 9.83. The molecule has 0 fully saturated rings. The molecule has 0 aliphatic heterocycles. The number of aromatic nitrogens is 1. The Morgan fingerprint density at radius 1 is 1.52 bits per heavy atom. The van der Waals surface area contributed by atoms with E-state index in [1.807, 2.05) is 45.1 Å². The summed E-state index contributed by atoms with van der Waals surface area (Å²) in [6, 6.07) is 2.84. The highest BCUT2D eigenvalue weighted by atomic mass is 16.6. The fraction of sp³-hybridized carbons (Fsp3) is 0.312. The second-order valence-electron chi connectivity index (χ2n) is 5.09. The molecule has 21 heavy (non-hydrogen) atoms. The van der Waals surface area contributed by atoms with E-state index in [9.17, 15) is 10.1 Å². The van der Waals surface area contributed by atoms with Gasteiger partial charge < -0.3 is 14.9 Å². The van der Waals surface area contributed by atoms with Gasteiger partial charge in [0, 0.05) is 11.5 Å². The van der Waals surface area contributed by atoms with Crippen molar-refractivity contribution < 1.29 is 9.66 Å². The van der Waals surface area contributed by atoms with Gasteiger partial charge in [0.2, 0.25) is 0 Å². The van der Waals surface area contributed by atoms with Gasteiger partial charge in [-0.3, -0.25) is 0 Å². The van der Waals surface area contributed by atoms with Gasteiger partial charge in [-0.25, -0.2) is 0 Å². The van der Waals surface area contributed by atoms with Gasteiger partial charge in [0.1, 0.15) is 5.76 Å². The lowest BCUT2D eigenvalue weighted by molar-refractivity contribution is -0.389. The van der Waals surface area contributed by atoms with E-state index < -0.39 is 4.92 Å². The molecule has 5 nitrogen and oxygen atoms in total. The van der Waals surface area contributed by atoms with Crippen LogP contribution in [0.1, 0.15) is 27.2 Å². The van der Waals surface area contributed by atoms with Crippen molar-refractivity contribution in [2.45, 2.75) is 27.2 Å². The van der Waals surface area contributed by atoms with Gasteiger partial charge in [-0.15, -0.1) is 6.58 Å². The third-order valence-electron chi connectivity index (χ3n) is 2.70. The van der Waals surface area contributed by atoms with Crippen LogP contribution in [0.2, 0.25) is 0 Å². The Bertz CT molecular complexity index is 557. The smallest absolute Gasteiger partial charge is 0.363 e. The number of nitrogens with zero attached hydrogens (tertiary/aromatic N) is 2. The summed E-state index contributed by atoms with van der Waals surface area (Å²) in [5.41, 5.74) is -0.221. The van der Waals surface area contributed by atoms with Crippen LogP contribution in [0.3, 0.4) is 0 Å². The van der Waals surface area contributed by atoms with Crippen LogP contribution in [0.5, 0.6) is 5.75 Å². The van der Waals surface area contributed by atoms with Crippen LogP contribution in [0.25, 0.3) is 0 Å². The molecule has 1 aromatic rings. The summed E-state index contributed by atoms with van der Waals surface area (Å²) in [5, 5.41) is 10.6. The molecule has 0 N–H and O–H groups in total. The highest BCUT2D eigenvalue weighted by molar-refractivity contribution is 5.30. The first kappa shape index (κ1) is 16.6. The lowest BCUT2D eigenvalue weighted by atomic mass is 9.93. The maximum atomic E-state index is 10.6. The molecule has 0 saturated heterocycles. The molecule has 0 aliphatic carbocycles. The Labute approximate surface area is 124 Å². The molecule has 1 aromatic heterocycles. The summed E-state index contributed by atoms with van der Waals surface area (Å²) in [5.74, 6) is 0.897. The van der Waals surface area contributed by atoms with Crippen LogP contribution in [-0.4, -0.2) is 9.91 Å².